The quantitative estimate of drug-likeness (QED) is 0.849. The Hall–Kier alpha value is -1.69. The molecule has 1 aromatic carbocycles. The number of anilines is 1. The molecule has 1 aromatic rings. The molecule has 1 saturated heterocycles. The topological polar surface area (TPSA) is 47.3 Å². The minimum Gasteiger partial charge on any atom is -0.506 e. The summed E-state index contributed by atoms with van der Waals surface area (Å²) in [7, 11) is 0. The lowest BCUT2D eigenvalue weighted by Crippen LogP contribution is -2.21. The van der Waals surface area contributed by atoms with Crippen LogP contribution in [-0.4, -0.2) is 18.2 Å². The van der Waals surface area contributed by atoms with Gasteiger partial charge in [0.2, 0.25) is 0 Å². The highest BCUT2D eigenvalue weighted by Gasteiger charge is 2.25. The third-order valence-corrected chi connectivity index (χ3v) is 3.63. The Bertz CT molecular complexity index is 448. The molecule has 0 aliphatic carbocycles. The van der Waals surface area contributed by atoms with Crippen molar-refractivity contribution in [3.63, 3.8) is 0 Å². The second-order valence-electron chi connectivity index (χ2n) is 5.05. The number of benzene rings is 1. The zero-order valence-electron chi connectivity index (χ0n) is 10.3. The van der Waals surface area contributed by atoms with Crippen LogP contribution in [0.25, 0.3) is 0 Å². The number of nitriles is 1. The molecule has 1 atom stereocenters. The fourth-order valence-electron chi connectivity index (χ4n) is 2.38. The maximum absolute atomic E-state index is 9.68. The van der Waals surface area contributed by atoms with Gasteiger partial charge in [-0.1, -0.05) is 13.8 Å². The first kappa shape index (κ1) is 11.8. The Morgan fingerprint density at radius 2 is 2.24 bits per heavy atom. The highest BCUT2D eigenvalue weighted by atomic mass is 16.3. The summed E-state index contributed by atoms with van der Waals surface area (Å²) in [5.41, 5.74) is 1.36. The molecule has 3 heteroatoms. The summed E-state index contributed by atoms with van der Waals surface area (Å²) in [5, 5.41) is 18.4. The Balaban J connectivity index is 2.15. The van der Waals surface area contributed by atoms with Gasteiger partial charge in [0.1, 0.15) is 11.8 Å². The van der Waals surface area contributed by atoms with E-state index in [1.54, 1.807) is 12.1 Å². The van der Waals surface area contributed by atoms with Crippen molar-refractivity contribution in [2.24, 2.45) is 11.8 Å². The van der Waals surface area contributed by atoms with Crippen LogP contribution in [0.1, 0.15) is 25.8 Å². The molecular weight excluding hydrogens is 212 g/mol. The molecule has 0 amide bonds. The minimum absolute atomic E-state index is 0.0815. The molecule has 1 aliphatic rings. The maximum Gasteiger partial charge on any atom is 0.135 e. The molecule has 1 unspecified atom stereocenters. The van der Waals surface area contributed by atoms with Gasteiger partial charge < -0.3 is 10.0 Å². The standard InChI is InChI=1S/C14H18N2O/c1-10(2)12-5-6-16(9-12)13-4-3-11(8-15)14(17)7-13/h3-4,7,10,12,17H,5-6,9H2,1-2H3. The monoisotopic (exact) mass is 230 g/mol. The molecular formula is C14H18N2O. The number of phenolic OH excluding ortho intramolecular Hbond substituents is 1. The lowest BCUT2D eigenvalue weighted by atomic mass is 9.95. The predicted octanol–water partition coefficient (Wildman–Crippen LogP) is 2.75. The summed E-state index contributed by atoms with van der Waals surface area (Å²) in [6, 6.07) is 7.27. The summed E-state index contributed by atoms with van der Waals surface area (Å²) in [6.45, 7) is 6.59. The first-order valence-electron chi connectivity index (χ1n) is 6.10. The van der Waals surface area contributed by atoms with Crippen molar-refractivity contribution in [2.75, 3.05) is 18.0 Å². The fraction of sp³-hybridized carbons (Fsp3) is 0.500. The molecule has 1 N–H and O–H groups in total. The van der Waals surface area contributed by atoms with Crippen LogP contribution in [-0.2, 0) is 0 Å². The molecule has 1 aliphatic heterocycles. The summed E-state index contributed by atoms with van der Waals surface area (Å²) in [4.78, 5) is 2.28. The van der Waals surface area contributed by atoms with Crippen molar-refractivity contribution in [1.82, 2.24) is 0 Å². The van der Waals surface area contributed by atoms with Gasteiger partial charge in [-0.2, -0.15) is 5.26 Å². The summed E-state index contributed by atoms with van der Waals surface area (Å²) in [6.07, 6.45) is 1.21. The average molecular weight is 230 g/mol. The molecule has 17 heavy (non-hydrogen) atoms. The van der Waals surface area contributed by atoms with Crippen molar-refractivity contribution in [3.05, 3.63) is 23.8 Å². The fourth-order valence-corrected chi connectivity index (χ4v) is 2.38. The van der Waals surface area contributed by atoms with E-state index in [0.29, 0.717) is 11.5 Å². The van der Waals surface area contributed by atoms with Crippen molar-refractivity contribution >= 4 is 5.69 Å². The first-order chi connectivity index (χ1) is 8.11. The van der Waals surface area contributed by atoms with Crippen LogP contribution >= 0.6 is 0 Å². The van der Waals surface area contributed by atoms with Crippen LogP contribution in [0.5, 0.6) is 5.75 Å². The molecule has 90 valence electrons. The van der Waals surface area contributed by atoms with Gasteiger partial charge >= 0.3 is 0 Å². The number of rotatable bonds is 2. The zero-order chi connectivity index (χ0) is 12.4. The van der Waals surface area contributed by atoms with E-state index >= 15 is 0 Å². The maximum atomic E-state index is 9.68. The lowest BCUT2D eigenvalue weighted by Gasteiger charge is -2.20. The van der Waals surface area contributed by atoms with E-state index in [4.69, 9.17) is 5.26 Å². The van der Waals surface area contributed by atoms with Crippen LogP contribution in [0, 0.1) is 23.2 Å². The van der Waals surface area contributed by atoms with Gasteiger partial charge in [-0.25, -0.2) is 0 Å². The Kier molecular flexibility index (Phi) is 3.23. The smallest absolute Gasteiger partial charge is 0.135 e. The normalized spacial score (nSPS) is 19.6. The molecule has 0 radical (unpaired) electrons. The molecule has 0 spiro atoms. The third kappa shape index (κ3) is 2.36. The summed E-state index contributed by atoms with van der Waals surface area (Å²) >= 11 is 0. The van der Waals surface area contributed by atoms with Gasteiger partial charge in [0.05, 0.1) is 5.56 Å². The molecule has 1 heterocycles. The summed E-state index contributed by atoms with van der Waals surface area (Å²) in [5.74, 6) is 1.51. The second-order valence-corrected chi connectivity index (χ2v) is 5.05. The first-order valence-corrected chi connectivity index (χ1v) is 6.10. The van der Waals surface area contributed by atoms with E-state index in [-0.39, 0.29) is 5.75 Å². The number of phenols is 1. The zero-order valence-corrected chi connectivity index (χ0v) is 10.3. The van der Waals surface area contributed by atoms with Crippen molar-refractivity contribution in [3.8, 4) is 11.8 Å². The summed E-state index contributed by atoms with van der Waals surface area (Å²) < 4.78 is 0. The van der Waals surface area contributed by atoms with Crippen molar-refractivity contribution in [1.29, 1.82) is 5.26 Å². The molecule has 0 saturated carbocycles. The molecule has 0 aromatic heterocycles. The average Bonchev–Trinajstić information content (AvgIpc) is 2.78. The predicted molar refractivity (Wildman–Crippen MR) is 68.0 cm³/mol. The number of hydrogen-bond acceptors (Lipinski definition) is 3. The lowest BCUT2D eigenvalue weighted by molar-refractivity contribution is 0.422. The third-order valence-electron chi connectivity index (χ3n) is 3.63. The van der Waals surface area contributed by atoms with Gasteiger partial charge in [0, 0.05) is 24.8 Å². The van der Waals surface area contributed by atoms with Crippen LogP contribution in [0.15, 0.2) is 18.2 Å². The molecule has 3 nitrogen and oxygen atoms in total. The largest absolute Gasteiger partial charge is 0.506 e. The van der Waals surface area contributed by atoms with E-state index in [9.17, 15) is 5.11 Å². The highest BCUT2D eigenvalue weighted by Crippen LogP contribution is 2.30. The van der Waals surface area contributed by atoms with Crippen molar-refractivity contribution < 1.29 is 5.11 Å². The van der Waals surface area contributed by atoms with Gasteiger partial charge in [0.15, 0.2) is 0 Å². The Morgan fingerprint density at radius 3 is 2.76 bits per heavy atom. The number of aromatic hydroxyl groups is 1. The second kappa shape index (κ2) is 4.67. The van der Waals surface area contributed by atoms with Crippen LogP contribution in [0.4, 0.5) is 5.69 Å². The Morgan fingerprint density at radius 1 is 1.47 bits per heavy atom. The molecule has 0 bridgehead atoms. The number of hydrogen-bond donors (Lipinski definition) is 1. The van der Waals surface area contributed by atoms with E-state index in [1.807, 2.05) is 12.1 Å². The van der Waals surface area contributed by atoms with Gasteiger partial charge in [0.25, 0.3) is 0 Å². The molecule has 2 rings (SSSR count). The van der Waals surface area contributed by atoms with Crippen LogP contribution < -0.4 is 4.90 Å². The van der Waals surface area contributed by atoms with Crippen LogP contribution in [0.3, 0.4) is 0 Å². The van der Waals surface area contributed by atoms with Gasteiger partial charge in [-0.05, 0) is 30.4 Å². The molecule has 1 fully saturated rings. The number of nitrogens with zero attached hydrogens (tertiary/aromatic N) is 2. The van der Waals surface area contributed by atoms with E-state index in [0.717, 1.165) is 24.7 Å². The Labute approximate surface area is 102 Å². The SMILES string of the molecule is CC(C)C1CCN(c2ccc(C#N)c(O)c2)C1. The highest BCUT2D eigenvalue weighted by molar-refractivity contribution is 5.56. The van der Waals surface area contributed by atoms with Gasteiger partial charge in [-0.3, -0.25) is 0 Å². The minimum atomic E-state index is 0.0815. The van der Waals surface area contributed by atoms with Crippen LogP contribution in [0.2, 0.25) is 0 Å². The van der Waals surface area contributed by atoms with E-state index in [1.165, 1.54) is 6.42 Å². The van der Waals surface area contributed by atoms with E-state index < -0.39 is 0 Å². The van der Waals surface area contributed by atoms with Crippen molar-refractivity contribution in [2.45, 2.75) is 20.3 Å². The van der Waals surface area contributed by atoms with Gasteiger partial charge in [-0.15, -0.1) is 0 Å². The van der Waals surface area contributed by atoms with E-state index in [2.05, 4.69) is 18.7 Å².